The van der Waals surface area contributed by atoms with Crippen LogP contribution in [0.2, 0.25) is 5.02 Å². The van der Waals surface area contributed by atoms with Crippen LogP contribution in [0.3, 0.4) is 0 Å². The van der Waals surface area contributed by atoms with Crippen molar-refractivity contribution < 1.29 is 9.53 Å². The van der Waals surface area contributed by atoms with Crippen LogP contribution < -0.4 is 5.32 Å². The third-order valence-corrected chi connectivity index (χ3v) is 3.35. The summed E-state index contributed by atoms with van der Waals surface area (Å²) in [6.45, 7) is 1.84. The first kappa shape index (κ1) is 11.3. The predicted octanol–water partition coefficient (Wildman–Crippen LogP) is 2.63. The summed E-state index contributed by atoms with van der Waals surface area (Å²) in [7, 11) is 1.40. The Balaban J connectivity index is 2.36. The molecular formula is C12H14ClNO2. The summed E-state index contributed by atoms with van der Waals surface area (Å²) >= 11 is 6.10. The highest BCUT2D eigenvalue weighted by Gasteiger charge is 2.38. The molecule has 2 rings (SSSR count). The number of benzene rings is 1. The number of carbonyl (C=O) groups is 1. The van der Waals surface area contributed by atoms with Crippen LogP contribution in [0.1, 0.15) is 18.9 Å². The number of para-hydroxylation sites is 1. The molecule has 1 N–H and O–H groups in total. The van der Waals surface area contributed by atoms with Gasteiger partial charge in [0.2, 0.25) is 0 Å². The molecular weight excluding hydrogens is 226 g/mol. The van der Waals surface area contributed by atoms with Gasteiger partial charge in [0.1, 0.15) is 5.54 Å². The van der Waals surface area contributed by atoms with E-state index in [9.17, 15) is 4.79 Å². The molecule has 1 atom stereocenters. The van der Waals surface area contributed by atoms with E-state index in [4.69, 9.17) is 16.3 Å². The fraction of sp³-hybridized carbons (Fsp3) is 0.417. The van der Waals surface area contributed by atoms with Gasteiger partial charge in [-0.05, 0) is 31.4 Å². The largest absolute Gasteiger partial charge is 0.467 e. The number of hydrogen-bond donors (Lipinski definition) is 1. The predicted molar refractivity (Wildman–Crippen MR) is 63.8 cm³/mol. The second kappa shape index (κ2) is 3.98. The lowest BCUT2D eigenvalue weighted by molar-refractivity contribution is -0.145. The lowest BCUT2D eigenvalue weighted by Gasteiger charge is -2.34. The maximum Gasteiger partial charge on any atom is 0.331 e. The molecule has 1 aliphatic rings. The van der Waals surface area contributed by atoms with Crippen LogP contribution in [-0.4, -0.2) is 18.6 Å². The normalized spacial score (nSPS) is 23.2. The molecule has 0 aliphatic carbocycles. The molecule has 0 radical (unpaired) electrons. The van der Waals surface area contributed by atoms with Crippen molar-refractivity contribution in [3.63, 3.8) is 0 Å². The molecule has 0 fully saturated rings. The van der Waals surface area contributed by atoms with Crippen LogP contribution in [0.15, 0.2) is 18.2 Å². The van der Waals surface area contributed by atoms with Gasteiger partial charge in [-0.25, -0.2) is 4.79 Å². The molecule has 1 heterocycles. The Kier molecular flexibility index (Phi) is 2.80. The summed E-state index contributed by atoms with van der Waals surface area (Å²) in [5, 5.41) is 3.83. The van der Waals surface area contributed by atoms with Gasteiger partial charge in [-0.1, -0.05) is 23.7 Å². The van der Waals surface area contributed by atoms with Crippen molar-refractivity contribution >= 4 is 23.3 Å². The van der Waals surface area contributed by atoms with E-state index >= 15 is 0 Å². The Morgan fingerprint density at radius 3 is 3.00 bits per heavy atom. The summed E-state index contributed by atoms with van der Waals surface area (Å²) < 4.78 is 4.80. The monoisotopic (exact) mass is 239 g/mol. The van der Waals surface area contributed by atoms with Crippen molar-refractivity contribution in [2.45, 2.75) is 25.3 Å². The summed E-state index contributed by atoms with van der Waals surface area (Å²) in [4.78, 5) is 11.7. The minimum absolute atomic E-state index is 0.252. The number of halogens is 1. The van der Waals surface area contributed by atoms with Gasteiger partial charge in [0.05, 0.1) is 17.8 Å². The molecule has 86 valence electrons. The first-order chi connectivity index (χ1) is 7.57. The second-order valence-corrected chi connectivity index (χ2v) is 4.63. The summed E-state index contributed by atoms with van der Waals surface area (Å²) in [6, 6.07) is 5.76. The van der Waals surface area contributed by atoms with Gasteiger partial charge in [0, 0.05) is 0 Å². The smallest absolute Gasteiger partial charge is 0.331 e. The van der Waals surface area contributed by atoms with E-state index in [-0.39, 0.29) is 5.97 Å². The SMILES string of the molecule is COC(=O)C1(C)CCc2cccc(Cl)c2N1. The van der Waals surface area contributed by atoms with Crippen LogP contribution in [0.25, 0.3) is 0 Å². The van der Waals surface area contributed by atoms with E-state index < -0.39 is 5.54 Å². The first-order valence-electron chi connectivity index (χ1n) is 5.21. The van der Waals surface area contributed by atoms with Gasteiger partial charge >= 0.3 is 5.97 Å². The maximum atomic E-state index is 11.7. The van der Waals surface area contributed by atoms with Crippen molar-refractivity contribution in [2.24, 2.45) is 0 Å². The van der Waals surface area contributed by atoms with Crippen molar-refractivity contribution in [1.29, 1.82) is 0 Å². The molecule has 1 aromatic rings. The molecule has 0 saturated heterocycles. The zero-order valence-electron chi connectivity index (χ0n) is 9.34. The third kappa shape index (κ3) is 1.76. The van der Waals surface area contributed by atoms with Crippen molar-refractivity contribution in [2.75, 3.05) is 12.4 Å². The zero-order valence-corrected chi connectivity index (χ0v) is 10.1. The van der Waals surface area contributed by atoms with Crippen molar-refractivity contribution in [1.82, 2.24) is 0 Å². The molecule has 0 saturated carbocycles. The van der Waals surface area contributed by atoms with Crippen LogP contribution >= 0.6 is 11.6 Å². The van der Waals surface area contributed by atoms with Crippen LogP contribution in [0, 0.1) is 0 Å². The molecule has 0 spiro atoms. The zero-order chi connectivity index (χ0) is 11.8. The van der Waals surface area contributed by atoms with E-state index in [1.54, 1.807) is 0 Å². The average molecular weight is 240 g/mol. The third-order valence-electron chi connectivity index (χ3n) is 3.03. The molecule has 1 aromatic carbocycles. The van der Waals surface area contributed by atoms with Crippen molar-refractivity contribution in [3.05, 3.63) is 28.8 Å². The molecule has 3 nitrogen and oxygen atoms in total. The Morgan fingerprint density at radius 1 is 1.56 bits per heavy atom. The number of ether oxygens (including phenoxy) is 1. The highest BCUT2D eigenvalue weighted by atomic mass is 35.5. The Morgan fingerprint density at radius 2 is 2.31 bits per heavy atom. The van der Waals surface area contributed by atoms with Crippen LogP contribution in [0.4, 0.5) is 5.69 Å². The standard InChI is InChI=1S/C12H14ClNO2/c1-12(11(15)16-2)7-6-8-4-3-5-9(13)10(8)14-12/h3-5,14H,6-7H2,1-2H3. The highest BCUT2D eigenvalue weighted by Crippen LogP contribution is 2.36. The fourth-order valence-corrected chi connectivity index (χ4v) is 2.26. The molecule has 1 aliphatic heterocycles. The highest BCUT2D eigenvalue weighted by molar-refractivity contribution is 6.33. The minimum Gasteiger partial charge on any atom is -0.467 e. The van der Waals surface area contributed by atoms with Gasteiger partial charge in [-0.3, -0.25) is 0 Å². The molecule has 1 unspecified atom stereocenters. The number of carbonyl (C=O) groups excluding carboxylic acids is 1. The van der Waals surface area contributed by atoms with E-state index in [2.05, 4.69) is 5.32 Å². The number of aryl methyl sites for hydroxylation is 1. The Bertz CT molecular complexity index is 433. The van der Waals surface area contributed by atoms with Gasteiger partial charge in [-0.15, -0.1) is 0 Å². The minimum atomic E-state index is -0.674. The number of hydrogen-bond acceptors (Lipinski definition) is 3. The number of nitrogens with one attached hydrogen (secondary N) is 1. The van der Waals surface area contributed by atoms with Gasteiger partial charge in [0.25, 0.3) is 0 Å². The number of fused-ring (bicyclic) bond motifs is 1. The molecule has 4 heteroatoms. The average Bonchev–Trinajstić information content (AvgIpc) is 2.29. The lowest BCUT2D eigenvalue weighted by atomic mass is 9.88. The van der Waals surface area contributed by atoms with Crippen LogP contribution in [0.5, 0.6) is 0 Å². The summed E-state index contributed by atoms with van der Waals surface area (Å²) in [6.07, 6.45) is 1.54. The second-order valence-electron chi connectivity index (χ2n) is 4.22. The number of anilines is 1. The number of rotatable bonds is 1. The van der Waals surface area contributed by atoms with E-state index in [0.717, 1.165) is 17.7 Å². The van der Waals surface area contributed by atoms with E-state index in [1.165, 1.54) is 7.11 Å². The molecule has 0 bridgehead atoms. The first-order valence-corrected chi connectivity index (χ1v) is 5.58. The van der Waals surface area contributed by atoms with Gasteiger partial charge in [-0.2, -0.15) is 0 Å². The Hall–Kier alpha value is -1.22. The quantitative estimate of drug-likeness (QED) is 0.766. The lowest BCUT2D eigenvalue weighted by Crippen LogP contribution is -2.47. The molecule has 0 aromatic heterocycles. The molecule has 16 heavy (non-hydrogen) atoms. The summed E-state index contributed by atoms with van der Waals surface area (Å²) in [5.74, 6) is -0.252. The fourth-order valence-electron chi connectivity index (χ4n) is 2.02. The summed E-state index contributed by atoms with van der Waals surface area (Å²) in [5.41, 5.74) is 1.32. The van der Waals surface area contributed by atoms with Gasteiger partial charge in [0.15, 0.2) is 0 Å². The molecule has 0 amide bonds. The maximum absolute atomic E-state index is 11.7. The van der Waals surface area contributed by atoms with Gasteiger partial charge < -0.3 is 10.1 Å². The Labute approximate surface area is 99.7 Å². The van der Waals surface area contributed by atoms with Crippen molar-refractivity contribution in [3.8, 4) is 0 Å². The number of methoxy groups -OCH3 is 1. The number of esters is 1. The van der Waals surface area contributed by atoms with E-state index in [0.29, 0.717) is 11.4 Å². The van der Waals surface area contributed by atoms with Crippen LogP contribution in [-0.2, 0) is 16.0 Å². The van der Waals surface area contributed by atoms with E-state index in [1.807, 2.05) is 25.1 Å². The topological polar surface area (TPSA) is 38.3 Å².